The average molecular weight is 472 g/mol. The van der Waals surface area contributed by atoms with Gasteiger partial charge in [-0.05, 0) is 61.7 Å². The van der Waals surface area contributed by atoms with Gasteiger partial charge in [-0.15, -0.1) is 16.4 Å². The summed E-state index contributed by atoms with van der Waals surface area (Å²) in [6.45, 7) is 5.91. The number of hydrogen-bond acceptors (Lipinski definition) is 5. The topological polar surface area (TPSA) is 72.7 Å². The summed E-state index contributed by atoms with van der Waals surface area (Å²) in [5.74, 6) is -0.344. The number of aromatic nitrogens is 4. The molecule has 0 saturated heterocycles. The van der Waals surface area contributed by atoms with Crippen molar-refractivity contribution >= 4 is 45.6 Å². The van der Waals surface area contributed by atoms with Crippen molar-refractivity contribution in [1.82, 2.24) is 20.0 Å². The van der Waals surface area contributed by atoms with E-state index in [1.54, 1.807) is 16.9 Å². The summed E-state index contributed by atoms with van der Waals surface area (Å²) in [4.78, 5) is 18.1. The highest BCUT2D eigenvalue weighted by atomic mass is 35.5. The maximum absolute atomic E-state index is 12.8. The van der Waals surface area contributed by atoms with E-state index in [0.29, 0.717) is 27.3 Å². The maximum Gasteiger partial charge on any atom is 0.279 e. The van der Waals surface area contributed by atoms with Crippen LogP contribution in [-0.4, -0.2) is 25.9 Å². The molecule has 0 unspecified atom stereocenters. The number of amides is 1. The van der Waals surface area contributed by atoms with Crippen molar-refractivity contribution in [3.63, 3.8) is 0 Å². The standard InChI is InChI=1S/C22H19Cl2N5OS/c1-12-4-6-16(8-13(12)2)29-14(3)20(27-28-29)21(30)26-22-25-11-17(31-22)9-15-5-7-18(23)19(24)10-15/h4-8,10-11H,9H2,1-3H3,(H,25,26,30). The van der Waals surface area contributed by atoms with Gasteiger partial charge in [0.15, 0.2) is 10.8 Å². The Morgan fingerprint density at radius 3 is 2.61 bits per heavy atom. The number of benzene rings is 2. The zero-order chi connectivity index (χ0) is 22.1. The molecule has 0 radical (unpaired) electrons. The van der Waals surface area contributed by atoms with E-state index in [2.05, 4.69) is 27.5 Å². The van der Waals surface area contributed by atoms with E-state index < -0.39 is 0 Å². The van der Waals surface area contributed by atoms with Crippen LogP contribution in [0.15, 0.2) is 42.6 Å². The molecular formula is C22H19Cl2N5OS. The highest BCUT2D eigenvalue weighted by molar-refractivity contribution is 7.15. The second-order valence-corrected chi connectivity index (χ2v) is 9.14. The first-order chi connectivity index (χ1) is 14.8. The first-order valence-corrected chi connectivity index (χ1v) is 11.1. The number of nitrogens with zero attached hydrogens (tertiary/aromatic N) is 4. The molecule has 0 bridgehead atoms. The minimum atomic E-state index is -0.344. The van der Waals surface area contributed by atoms with E-state index in [9.17, 15) is 4.79 Å². The maximum atomic E-state index is 12.8. The third-order valence-corrected chi connectivity index (χ3v) is 6.63. The largest absolute Gasteiger partial charge is 0.296 e. The Morgan fingerprint density at radius 1 is 1.06 bits per heavy atom. The number of anilines is 1. The Kier molecular flexibility index (Phi) is 6.09. The zero-order valence-electron chi connectivity index (χ0n) is 17.1. The number of rotatable bonds is 5. The lowest BCUT2D eigenvalue weighted by Gasteiger charge is -2.06. The van der Waals surface area contributed by atoms with Crippen LogP contribution in [0.4, 0.5) is 5.13 Å². The SMILES string of the molecule is Cc1ccc(-n2nnc(C(=O)Nc3ncc(Cc4ccc(Cl)c(Cl)c4)s3)c2C)cc1C. The number of aryl methyl sites for hydroxylation is 2. The van der Waals surface area contributed by atoms with Crippen LogP contribution >= 0.6 is 34.5 Å². The zero-order valence-corrected chi connectivity index (χ0v) is 19.4. The van der Waals surface area contributed by atoms with Crippen LogP contribution in [0.3, 0.4) is 0 Å². The third-order valence-electron chi connectivity index (χ3n) is 4.98. The van der Waals surface area contributed by atoms with Crippen LogP contribution in [0.5, 0.6) is 0 Å². The van der Waals surface area contributed by atoms with Crippen molar-refractivity contribution in [2.75, 3.05) is 5.32 Å². The highest BCUT2D eigenvalue weighted by Gasteiger charge is 2.19. The Hall–Kier alpha value is -2.74. The molecule has 2 aromatic carbocycles. The number of carbonyl (C=O) groups is 1. The molecule has 0 aliphatic rings. The van der Waals surface area contributed by atoms with E-state index in [1.165, 1.54) is 16.9 Å². The lowest BCUT2D eigenvalue weighted by Crippen LogP contribution is -2.14. The third kappa shape index (κ3) is 4.63. The summed E-state index contributed by atoms with van der Waals surface area (Å²) in [6, 6.07) is 11.5. The molecule has 0 aliphatic heterocycles. The molecule has 31 heavy (non-hydrogen) atoms. The highest BCUT2D eigenvalue weighted by Crippen LogP contribution is 2.26. The minimum absolute atomic E-state index is 0.263. The Labute approximate surface area is 193 Å². The van der Waals surface area contributed by atoms with Gasteiger partial charge in [-0.3, -0.25) is 10.1 Å². The minimum Gasteiger partial charge on any atom is -0.296 e. The van der Waals surface area contributed by atoms with Crippen LogP contribution in [-0.2, 0) is 6.42 Å². The summed E-state index contributed by atoms with van der Waals surface area (Å²) in [5.41, 5.74) is 5.15. The fraction of sp³-hybridized carbons (Fsp3) is 0.182. The van der Waals surface area contributed by atoms with Gasteiger partial charge >= 0.3 is 0 Å². The van der Waals surface area contributed by atoms with Crippen molar-refractivity contribution in [3.05, 3.63) is 85.6 Å². The number of halogens is 2. The Balaban J connectivity index is 1.48. The van der Waals surface area contributed by atoms with Gasteiger partial charge in [0, 0.05) is 17.5 Å². The molecule has 9 heteroatoms. The predicted octanol–water partition coefficient (Wildman–Crippen LogP) is 5.80. The monoisotopic (exact) mass is 471 g/mol. The molecule has 1 N–H and O–H groups in total. The Morgan fingerprint density at radius 2 is 1.87 bits per heavy atom. The first-order valence-electron chi connectivity index (χ1n) is 9.51. The van der Waals surface area contributed by atoms with Crippen molar-refractivity contribution in [2.45, 2.75) is 27.2 Å². The van der Waals surface area contributed by atoms with Gasteiger partial charge in [-0.1, -0.05) is 40.5 Å². The number of carbonyl (C=O) groups excluding carboxylic acids is 1. The molecule has 0 spiro atoms. The van der Waals surface area contributed by atoms with E-state index >= 15 is 0 Å². The summed E-state index contributed by atoms with van der Waals surface area (Å²) < 4.78 is 1.67. The quantitative estimate of drug-likeness (QED) is 0.399. The van der Waals surface area contributed by atoms with Crippen molar-refractivity contribution in [3.8, 4) is 5.69 Å². The molecule has 0 saturated carbocycles. The smallest absolute Gasteiger partial charge is 0.279 e. The molecule has 1 amide bonds. The van der Waals surface area contributed by atoms with Gasteiger partial charge in [-0.2, -0.15) is 0 Å². The molecule has 4 aromatic rings. The van der Waals surface area contributed by atoms with E-state index in [1.807, 2.05) is 44.2 Å². The molecule has 0 fully saturated rings. The molecule has 158 valence electrons. The molecule has 6 nitrogen and oxygen atoms in total. The van der Waals surface area contributed by atoms with Crippen LogP contribution in [0.2, 0.25) is 10.0 Å². The average Bonchev–Trinajstić information content (AvgIpc) is 3.33. The van der Waals surface area contributed by atoms with Crippen molar-refractivity contribution < 1.29 is 4.79 Å². The van der Waals surface area contributed by atoms with Crippen molar-refractivity contribution in [1.29, 1.82) is 0 Å². The van der Waals surface area contributed by atoms with Crippen LogP contribution in [0, 0.1) is 20.8 Å². The van der Waals surface area contributed by atoms with Gasteiger partial charge in [-0.25, -0.2) is 9.67 Å². The van der Waals surface area contributed by atoms with E-state index in [-0.39, 0.29) is 11.6 Å². The first kappa shape index (κ1) is 21.5. The van der Waals surface area contributed by atoms with Crippen LogP contribution in [0.25, 0.3) is 5.69 Å². The molecule has 0 aliphatic carbocycles. The second kappa shape index (κ2) is 8.78. The molecule has 0 atom stereocenters. The number of nitrogens with one attached hydrogen (secondary N) is 1. The van der Waals surface area contributed by atoms with E-state index in [0.717, 1.165) is 21.7 Å². The summed E-state index contributed by atoms with van der Waals surface area (Å²) in [5, 5.41) is 12.6. The fourth-order valence-corrected chi connectivity index (χ4v) is 4.26. The van der Waals surface area contributed by atoms with Gasteiger partial charge in [0.25, 0.3) is 5.91 Å². The molecule has 2 aromatic heterocycles. The van der Waals surface area contributed by atoms with Gasteiger partial charge in [0.2, 0.25) is 0 Å². The van der Waals surface area contributed by atoms with Crippen molar-refractivity contribution in [2.24, 2.45) is 0 Å². The van der Waals surface area contributed by atoms with Gasteiger partial charge in [0.1, 0.15) is 0 Å². The van der Waals surface area contributed by atoms with Crippen LogP contribution < -0.4 is 5.32 Å². The normalized spacial score (nSPS) is 11.0. The fourth-order valence-electron chi connectivity index (χ4n) is 3.10. The Bertz CT molecular complexity index is 1280. The molecular weight excluding hydrogens is 453 g/mol. The second-order valence-electron chi connectivity index (χ2n) is 7.21. The summed E-state index contributed by atoms with van der Waals surface area (Å²) >= 11 is 13.5. The summed E-state index contributed by atoms with van der Waals surface area (Å²) in [7, 11) is 0. The molecule has 2 heterocycles. The lowest BCUT2D eigenvalue weighted by molar-refractivity contribution is 0.102. The van der Waals surface area contributed by atoms with E-state index in [4.69, 9.17) is 23.2 Å². The van der Waals surface area contributed by atoms with Gasteiger partial charge in [0.05, 0.1) is 21.4 Å². The number of hydrogen-bond donors (Lipinski definition) is 1. The lowest BCUT2D eigenvalue weighted by atomic mass is 10.1. The predicted molar refractivity (Wildman–Crippen MR) is 125 cm³/mol. The molecule has 4 rings (SSSR count). The van der Waals surface area contributed by atoms with Gasteiger partial charge < -0.3 is 0 Å². The number of thiazole rings is 1. The summed E-state index contributed by atoms with van der Waals surface area (Å²) in [6.07, 6.45) is 2.38. The van der Waals surface area contributed by atoms with Crippen LogP contribution in [0.1, 0.15) is 37.7 Å².